The van der Waals surface area contributed by atoms with Crippen LogP contribution in [0.1, 0.15) is 46.9 Å². The van der Waals surface area contributed by atoms with Crippen LogP contribution in [-0.4, -0.2) is 55.1 Å². The van der Waals surface area contributed by atoms with Crippen molar-refractivity contribution >= 4 is 17.7 Å². The number of nitrogens with one attached hydrogen (secondary N) is 2. The molecule has 2 aliphatic rings. The smallest absolute Gasteiger partial charge is 0.253 e. The fourth-order valence-corrected chi connectivity index (χ4v) is 4.22. The molecule has 1 fully saturated rings. The molecule has 0 saturated carbocycles. The number of amides is 3. The van der Waals surface area contributed by atoms with Crippen molar-refractivity contribution in [3.05, 3.63) is 59.7 Å². The molecule has 0 spiro atoms. The van der Waals surface area contributed by atoms with E-state index >= 15 is 0 Å². The van der Waals surface area contributed by atoms with E-state index in [1.165, 1.54) is 0 Å². The second kappa shape index (κ2) is 10.4. The van der Waals surface area contributed by atoms with Gasteiger partial charge in [-0.25, -0.2) is 0 Å². The fourth-order valence-electron chi connectivity index (χ4n) is 4.22. The molecule has 2 aromatic rings. The number of likely N-dealkylation sites (tertiary alicyclic amines) is 1. The van der Waals surface area contributed by atoms with Gasteiger partial charge in [0.1, 0.15) is 6.04 Å². The van der Waals surface area contributed by atoms with Gasteiger partial charge in [0.15, 0.2) is 11.5 Å². The summed E-state index contributed by atoms with van der Waals surface area (Å²) in [5, 5.41) is 5.84. The Labute approximate surface area is 193 Å². The van der Waals surface area contributed by atoms with Gasteiger partial charge in [0.05, 0.1) is 0 Å². The van der Waals surface area contributed by atoms with E-state index in [0.29, 0.717) is 55.1 Å². The Hall–Kier alpha value is -3.55. The van der Waals surface area contributed by atoms with E-state index < -0.39 is 6.04 Å². The number of benzene rings is 2. The summed E-state index contributed by atoms with van der Waals surface area (Å²) in [5.41, 5.74) is 1.06. The van der Waals surface area contributed by atoms with Gasteiger partial charge >= 0.3 is 0 Å². The second-order valence-corrected chi connectivity index (χ2v) is 8.31. The van der Waals surface area contributed by atoms with Crippen molar-refractivity contribution in [1.82, 2.24) is 15.5 Å². The lowest BCUT2D eigenvalue weighted by atomic mass is 9.88. The number of hydrogen-bond acceptors (Lipinski definition) is 5. The first-order valence-corrected chi connectivity index (χ1v) is 11.4. The number of hydrogen-bond donors (Lipinski definition) is 2. The molecular formula is C25H29N3O5. The van der Waals surface area contributed by atoms with Crippen LogP contribution in [0.2, 0.25) is 0 Å². The van der Waals surface area contributed by atoms with Gasteiger partial charge < -0.3 is 25.0 Å². The van der Waals surface area contributed by atoms with Crippen LogP contribution in [0.4, 0.5) is 0 Å². The van der Waals surface area contributed by atoms with Gasteiger partial charge in [0.2, 0.25) is 12.7 Å². The number of nitrogens with zero attached hydrogens (tertiary/aromatic N) is 1. The highest BCUT2D eigenvalue weighted by Gasteiger charge is 2.34. The van der Waals surface area contributed by atoms with Gasteiger partial charge in [-0.1, -0.05) is 25.1 Å². The highest BCUT2D eigenvalue weighted by molar-refractivity contribution is 5.98. The van der Waals surface area contributed by atoms with E-state index in [1.54, 1.807) is 30.3 Å². The van der Waals surface area contributed by atoms with Gasteiger partial charge in [0, 0.05) is 30.8 Å². The highest BCUT2D eigenvalue weighted by atomic mass is 16.7. The summed E-state index contributed by atoms with van der Waals surface area (Å²) in [6, 6.07) is 13.5. The molecule has 2 aliphatic heterocycles. The van der Waals surface area contributed by atoms with Gasteiger partial charge in [0.25, 0.3) is 11.8 Å². The molecular weight excluding hydrogens is 422 g/mol. The summed E-state index contributed by atoms with van der Waals surface area (Å²) in [5.74, 6) is 0.498. The summed E-state index contributed by atoms with van der Waals surface area (Å²) < 4.78 is 10.7. The van der Waals surface area contributed by atoms with E-state index in [-0.39, 0.29) is 30.4 Å². The molecule has 0 unspecified atom stereocenters. The summed E-state index contributed by atoms with van der Waals surface area (Å²) in [7, 11) is 0. The Kier molecular flexibility index (Phi) is 7.12. The SMILES string of the molecule is CCCNC(=O)[C@H](NC(=O)c1ccc2c(c1)OCO2)C1CCN(C(=O)c2ccccc2)CC1. The molecule has 0 aromatic heterocycles. The molecule has 174 valence electrons. The summed E-state index contributed by atoms with van der Waals surface area (Å²) in [6.07, 6.45) is 2.06. The minimum atomic E-state index is -0.677. The third-order valence-electron chi connectivity index (χ3n) is 6.07. The molecule has 2 N–H and O–H groups in total. The average molecular weight is 452 g/mol. The van der Waals surface area contributed by atoms with Crippen LogP contribution in [0.15, 0.2) is 48.5 Å². The second-order valence-electron chi connectivity index (χ2n) is 8.31. The Morgan fingerprint density at radius 2 is 1.73 bits per heavy atom. The maximum absolute atomic E-state index is 13.0. The van der Waals surface area contributed by atoms with Crippen LogP contribution in [0.3, 0.4) is 0 Å². The molecule has 0 radical (unpaired) electrons. The first-order chi connectivity index (χ1) is 16.1. The first-order valence-electron chi connectivity index (χ1n) is 11.4. The number of piperidine rings is 1. The van der Waals surface area contributed by atoms with E-state index in [0.717, 1.165) is 6.42 Å². The van der Waals surface area contributed by atoms with E-state index in [1.807, 2.05) is 30.0 Å². The van der Waals surface area contributed by atoms with Crippen molar-refractivity contribution in [2.75, 3.05) is 26.4 Å². The summed E-state index contributed by atoms with van der Waals surface area (Å²) in [4.78, 5) is 40.5. The van der Waals surface area contributed by atoms with Crippen LogP contribution in [-0.2, 0) is 4.79 Å². The number of fused-ring (bicyclic) bond motifs is 1. The van der Waals surface area contributed by atoms with Crippen LogP contribution in [0.25, 0.3) is 0 Å². The van der Waals surface area contributed by atoms with Crippen molar-refractivity contribution in [1.29, 1.82) is 0 Å². The number of carbonyl (C=O) groups excluding carboxylic acids is 3. The zero-order valence-electron chi connectivity index (χ0n) is 18.7. The Bertz CT molecular complexity index is 1000. The molecule has 8 nitrogen and oxygen atoms in total. The first kappa shape index (κ1) is 22.6. The lowest BCUT2D eigenvalue weighted by Gasteiger charge is -2.36. The van der Waals surface area contributed by atoms with Crippen molar-refractivity contribution in [2.45, 2.75) is 32.2 Å². The van der Waals surface area contributed by atoms with Crippen molar-refractivity contribution < 1.29 is 23.9 Å². The molecule has 33 heavy (non-hydrogen) atoms. The predicted octanol–water partition coefficient (Wildman–Crippen LogP) is 2.59. The average Bonchev–Trinajstić information content (AvgIpc) is 3.34. The number of carbonyl (C=O) groups is 3. The normalized spacial score (nSPS) is 16.2. The Morgan fingerprint density at radius 1 is 1.00 bits per heavy atom. The molecule has 4 rings (SSSR count). The third kappa shape index (κ3) is 5.27. The fraction of sp³-hybridized carbons (Fsp3) is 0.400. The predicted molar refractivity (Wildman–Crippen MR) is 122 cm³/mol. The molecule has 8 heteroatoms. The molecule has 3 amide bonds. The van der Waals surface area contributed by atoms with Crippen LogP contribution >= 0.6 is 0 Å². The maximum atomic E-state index is 13.0. The lowest BCUT2D eigenvalue weighted by Crippen LogP contribution is -2.54. The third-order valence-corrected chi connectivity index (χ3v) is 6.07. The molecule has 2 heterocycles. The lowest BCUT2D eigenvalue weighted by molar-refractivity contribution is -0.124. The highest BCUT2D eigenvalue weighted by Crippen LogP contribution is 2.32. The Morgan fingerprint density at radius 3 is 2.45 bits per heavy atom. The van der Waals surface area contributed by atoms with E-state index in [2.05, 4.69) is 10.6 Å². The molecule has 0 bridgehead atoms. The summed E-state index contributed by atoms with van der Waals surface area (Å²) >= 11 is 0. The van der Waals surface area contributed by atoms with E-state index in [4.69, 9.17) is 9.47 Å². The van der Waals surface area contributed by atoms with Gasteiger partial charge in [-0.15, -0.1) is 0 Å². The van der Waals surface area contributed by atoms with Crippen LogP contribution in [0, 0.1) is 5.92 Å². The largest absolute Gasteiger partial charge is 0.454 e. The molecule has 0 aliphatic carbocycles. The monoisotopic (exact) mass is 451 g/mol. The number of ether oxygens (including phenoxy) is 2. The van der Waals surface area contributed by atoms with Gasteiger partial charge in [-0.2, -0.15) is 0 Å². The topological polar surface area (TPSA) is 97.0 Å². The van der Waals surface area contributed by atoms with Gasteiger partial charge in [-0.3, -0.25) is 14.4 Å². The molecule has 1 atom stereocenters. The van der Waals surface area contributed by atoms with Crippen LogP contribution in [0.5, 0.6) is 11.5 Å². The minimum absolute atomic E-state index is 0.00886. The van der Waals surface area contributed by atoms with Crippen molar-refractivity contribution in [2.24, 2.45) is 5.92 Å². The van der Waals surface area contributed by atoms with Crippen molar-refractivity contribution in [3.8, 4) is 11.5 Å². The maximum Gasteiger partial charge on any atom is 0.253 e. The van der Waals surface area contributed by atoms with Crippen LogP contribution < -0.4 is 20.1 Å². The van der Waals surface area contributed by atoms with Gasteiger partial charge in [-0.05, 0) is 55.5 Å². The Balaban J connectivity index is 1.43. The van der Waals surface area contributed by atoms with E-state index in [9.17, 15) is 14.4 Å². The molecule has 2 aromatic carbocycles. The molecule has 1 saturated heterocycles. The quantitative estimate of drug-likeness (QED) is 0.675. The standard InChI is InChI=1S/C25H29N3O5/c1-2-12-26-24(30)22(27-23(29)19-8-9-20-21(15-19)33-16-32-20)17-10-13-28(14-11-17)25(31)18-6-4-3-5-7-18/h3-9,15,17,22H,2,10-14,16H2,1H3,(H,26,30)(H,27,29)/t22-/m1/s1. The zero-order chi connectivity index (χ0) is 23.2. The van der Waals surface area contributed by atoms with Crippen molar-refractivity contribution in [3.63, 3.8) is 0 Å². The number of rotatable bonds is 7. The minimum Gasteiger partial charge on any atom is -0.454 e. The zero-order valence-corrected chi connectivity index (χ0v) is 18.7. The summed E-state index contributed by atoms with van der Waals surface area (Å²) in [6.45, 7) is 3.73.